The number of nitrogens with one attached hydrogen (secondary N) is 1. The fourth-order valence-electron chi connectivity index (χ4n) is 2.07. The van der Waals surface area contributed by atoms with Gasteiger partial charge in [-0.15, -0.1) is 0 Å². The van der Waals surface area contributed by atoms with Crippen molar-refractivity contribution in [1.82, 2.24) is 14.9 Å². The summed E-state index contributed by atoms with van der Waals surface area (Å²) in [5.74, 6) is 0.997. The van der Waals surface area contributed by atoms with Gasteiger partial charge < -0.3 is 9.26 Å². The van der Waals surface area contributed by atoms with E-state index in [0.29, 0.717) is 22.2 Å². The Kier molecular flexibility index (Phi) is 5.03. The van der Waals surface area contributed by atoms with E-state index < -0.39 is 10.0 Å². The number of halogens is 1. The average Bonchev–Trinajstić information content (AvgIpc) is 3.09. The maximum absolute atomic E-state index is 12.3. The van der Waals surface area contributed by atoms with Gasteiger partial charge in [0.1, 0.15) is 5.75 Å². The molecule has 0 unspecified atom stereocenters. The second-order valence-electron chi connectivity index (χ2n) is 4.99. The van der Waals surface area contributed by atoms with Crippen LogP contribution < -0.4 is 9.46 Å². The van der Waals surface area contributed by atoms with Crippen molar-refractivity contribution in [2.24, 2.45) is 0 Å². The Labute approximate surface area is 149 Å². The quantitative estimate of drug-likeness (QED) is 0.707. The minimum atomic E-state index is -3.71. The predicted molar refractivity (Wildman–Crippen MR) is 91.8 cm³/mol. The molecule has 130 valence electrons. The highest BCUT2D eigenvalue weighted by molar-refractivity contribution is 7.89. The van der Waals surface area contributed by atoms with Crippen LogP contribution in [0.2, 0.25) is 5.02 Å². The van der Waals surface area contributed by atoms with E-state index in [2.05, 4.69) is 14.9 Å². The second kappa shape index (κ2) is 7.22. The Balaban J connectivity index is 1.72. The van der Waals surface area contributed by atoms with Crippen LogP contribution in [0.4, 0.5) is 0 Å². The topological polar surface area (TPSA) is 94.3 Å². The van der Waals surface area contributed by atoms with Gasteiger partial charge in [-0.3, -0.25) is 0 Å². The number of nitrogens with zero attached hydrogens (tertiary/aromatic N) is 2. The van der Waals surface area contributed by atoms with Crippen molar-refractivity contribution in [3.05, 3.63) is 59.4 Å². The molecule has 0 saturated carbocycles. The van der Waals surface area contributed by atoms with Gasteiger partial charge in [-0.1, -0.05) is 28.9 Å². The number of aromatic nitrogens is 2. The molecular weight excluding hydrogens is 366 g/mol. The monoisotopic (exact) mass is 379 g/mol. The van der Waals surface area contributed by atoms with Gasteiger partial charge in [-0.05, 0) is 36.4 Å². The van der Waals surface area contributed by atoms with E-state index in [1.54, 1.807) is 36.4 Å². The number of hydrogen-bond donors (Lipinski definition) is 1. The highest BCUT2D eigenvalue weighted by atomic mass is 35.5. The van der Waals surface area contributed by atoms with Crippen LogP contribution in [0.15, 0.2) is 57.9 Å². The Morgan fingerprint density at radius 2 is 1.88 bits per heavy atom. The molecule has 2 aromatic carbocycles. The van der Waals surface area contributed by atoms with Gasteiger partial charge in [0.15, 0.2) is 0 Å². The van der Waals surface area contributed by atoms with Crippen molar-refractivity contribution in [2.75, 3.05) is 7.11 Å². The molecule has 0 aliphatic rings. The molecule has 1 aromatic heterocycles. The first-order chi connectivity index (χ1) is 12.0. The third kappa shape index (κ3) is 3.98. The van der Waals surface area contributed by atoms with E-state index in [1.807, 2.05) is 0 Å². The lowest BCUT2D eigenvalue weighted by Gasteiger charge is -2.05. The van der Waals surface area contributed by atoms with Gasteiger partial charge in [0.25, 0.3) is 0 Å². The molecule has 7 nitrogen and oxygen atoms in total. The molecule has 25 heavy (non-hydrogen) atoms. The average molecular weight is 380 g/mol. The largest absolute Gasteiger partial charge is 0.497 e. The predicted octanol–water partition coefficient (Wildman–Crippen LogP) is 2.88. The Bertz CT molecular complexity index is 971. The summed E-state index contributed by atoms with van der Waals surface area (Å²) in [6.45, 7) is -0.133. The molecule has 0 atom stereocenters. The summed E-state index contributed by atoms with van der Waals surface area (Å²) in [5.41, 5.74) is 0.608. The van der Waals surface area contributed by atoms with Crippen LogP contribution in [0.25, 0.3) is 11.4 Å². The summed E-state index contributed by atoms with van der Waals surface area (Å²) in [6.07, 6.45) is 0. The van der Waals surface area contributed by atoms with Crippen molar-refractivity contribution >= 4 is 21.6 Å². The third-order valence-electron chi connectivity index (χ3n) is 3.37. The first kappa shape index (κ1) is 17.4. The lowest BCUT2D eigenvalue weighted by Crippen LogP contribution is -2.23. The standard InChI is InChI=1S/C16H14ClN3O4S/c1-23-11-6-8-12(9-7-11)25(21,22)18-10-15-19-16(20-24-15)13-4-2-3-5-14(13)17/h2-9,18H,10H2,1H3. The Morgan fingerprint density at radius 3 is 2.56 bits per heavy atom. The zero-order chi connectivity index (χ0) is 17.9. The number of ether oxygens (including phenoxy) is 1. The van der Waals surface area contributed by atoms with Gasteiger partial charge in [0.05, 0.1) is 23.6 Å². The van der Waals surface area contributed by atoms with Gasteiger partial charge in [-0.2, -0.15) is 4.98 Å². The fraction of sp³-hybridized carbons (Fsp3) is 0.125. The van der Waals surface area contributed by atoms with Crippen molar-refractivity contribution in [3.63, 3.8) is 0 Å². The molecule has 0 aliphatic carbocycles. The smallest absolute Gasteiger partial charge is 0.242 e. The number of sulfonamides is 1. The van der Waals surface area contributed by atoms with Crippen LogP contribution in [-0.4, -0.2) is 25.7 Å². The lowest BCUT2D eigenvalue weighted by atomic mass is 10.2. The zero-order valence-corrected chi connectivity index (χ0v) is 14.7. The first-order valence-corrected chi connectivity index (χ1v) is 9.07. The van der Waals surface area contributed by atoms with E-state index in [1.165, 1.54) is 19.2 Å². The lowest BCUT2D eigenvalue weighted by molar-refractivity contribution is 0.376. The van der Waals surface area contributed by atoms with E-state index in [9.17, 15) is 8.42 Å². The molecular formula is C16H14ClN3O4S. The van der Waals surface area contributed by atoms with Gasteiger partial charge >= 0.3 is 0 Å². The molecule has 0 aliphatic heterocycles. The number of methoxy groups -OCH3 is 1. The number of rotatable bonds is 6. The third-order valence-corrected chi connectivity index (χ3v) is 5.11. The van der Waals surface area contributed by atoms with Crippen molar-refractivity contribution in [2.45, 2.75) is 11.4 Å². The molecule has 3 aromatic rings. The van der Waals surface area contributed by atoms with Crippen molar-refractivity contribution in [3.8, 4) is 17.1 Å². The van der Waals surface area contributed by atoms with Crippen LogP contribution in [0.1, 0.15) is 5.89 Å². The number of hydrogen-bond acceptors (Lipinski definition) is 6. The van der Waals surface area contributed by atoms with Crippen LogP contribution in [0, 0.1) is 0 Å². The molecule has 0 bridgehead atoms. The summed E-state index contributed by atoms with van der Waals surface area (Å²) < 4.78 is 37.0. The Hall–Kier alpha value is -2.42. The van der Waals surface area contributed by atoms with Crippen LogP contribution in [0.3, 0.4) is 0 Å². The molecule has 0 radical (unpaired) electrons. The summed E-state index contributed by atoms with van der Waals surface area (Å²) in [6, 6.07) is 13.1. The van der Waals surface area contributed by atoms with Crippen LogP contribution in [-0.2, 0) is 16.6 Å². The molecule has 1 N–H and O–H groups in total. The van der Waals surface area contributed by atoms with Gasteiger partial charge in [0, 0.05) is 5.56 Å². The van der Waals surface area contributed by atoms with Crippen molar-refractivity contribution in [1.29, 1.82) is 0 Å². The molecule has 0 saturated heterocycles. The maximum atomic E-state index is 12.3. The molecule has 3 rings (SSSR count). The normalized spacial score (nSPS) is 11.4. The minimum absolute atomic E-state index is 0.110. The molecule has 9 heteroatoms. The fourth-order valence-corrected chi connectivity index (χ4v) is 3.27. The second-order valence-corrected chi connectivity index (χ2v) is 7.17. The molecule has 0 spiro atoms. The van der Waals surface area contributed by atoms with E-state index in [4.69, 9.17) is 20.9 Å². The van der Waals surface area contributed by atoms with E-state index in [0.717, 1.165) is 0 Å². The highest BCUT2D eigenvalue weighted by Gasteiger charge is 2.17. The SMILES string of the molecule is COc1ccc(S(=O)(=O)NCc2nc(-c3ccccc3Cl)no2)cc1. The van der Waals surface area contributed by atoms with E-state index >= 15 is 0 Å². The maximum Gasteiger partial charge on any atom is 0.242 e. The van der Waals surface area contributed by atoms with Crippen LogP contribution in [0.5, 0.6) is 5.75 Å². The molecule has 0 amide bonds. The first-order valence-electron chi connectivity index (χ1n) is 7.21. The molecule has 0 fully saturated rings. The highest BCUT2D eigenvalue weighted by Crippen LogP contribution is 2.25. The van der Waals surface area contributed by atoms with Gasteiger partial charge in [0.2, 0.25) is 21.7 Å². The summed E-state index contributed by atoms with van der Waals surface area (Å²) in [4.78, 5) is 4.27. The van der Waals surface area contributed by atoms with Crippen molar-refractivity contribution < 1.29 is 17.7 Å². The summed E-state index contributed by atoms with van der Waals surface area (Å²) >= 11 is 6.08. The number of benzene rings is 2. The Morgan fingerprint density at radius 1 is 1.16 bits per heavy atom. The summed E-state index contributed by atoms with van der Waals surface area (Å²) in [5, 5.41) is 4.30. The minimum Gasteiger partial charge on any atom is -0.497 e. The van der Waals surface area contributed by atoms with Gasteiger partial charge in [-0.25, -0.2) is 13.1 Å². The molecule has 1 heterocycles. The van der Waals surface area contributed by atoms with E-state index in [-0.39, 0.29) is 17.3 Å². The van der Waals surface area contributed by atoms with Crippen LogP contribution >= 0.6 is 11.6 Å². The zero-order valence-electron chi connectivity index (χ0n) is 13.1. The summed E-state index contributed by atoms with van der Waals surface area (Å²) in [7, 11) is -2.20.